The standard InChI is InChI=1S/C18H19ClFN5O.ClH/c1-10-5-11-8-22-25(17-7-16(19)23-18(24-17)26-2)15(11)6-13(10)12-3-4-21-9-14(12)20;/h5-8,12,14,21H,3-4,9H2,1-2H3;1H/t12-,14-;/m1./s1. The molecule has 0 spiro atoms. The van der Waals surface area contributed by atoms with E-state index in [1.54, 1.807) is 16.9 Å². The van der Waals surface area contributed by atoms with Crippen LogP contribution in [-0.2, 0) is 0 Å². The van der Waals surface area contributed by atoms with Crippen LogP contribution in [0.3, 0.4) is 0 Å². The second kappa shape index (κ2) is 7.96. The van der Waals surface area contributed by atoms with Gasteiger partial charge in [0, 0.05) is 23.9 Å². The molecule has 1 fully saturated rings. The van der Waals surface area contributed by atoms with Crippen molar-refractivity contribution >= 4 is 34.9 Å². The van der Waals surface area contributed by atoms with Crippen LogP contribution in [0.4, 0.5) is 4.39 Å². The number of nitrogens with one attached hydrogen (secondary N) is 1. The first-order valence-electron chi connectivity index (χ1n) is 8.49. The molecule has 2 atom stereocenters. The van der Waals surface area contributed by atoms with Gasteiger partial charge >= 0.3 is 6.01 Å². The quantitative estimate of drug-likeness (QED) is 0.666. The highest BCUT2D eigenvalue weighted by molar-refractivity contribution is 6.29. The minimum Gasteiger partial charge on any atom is -0.467 e. The van der Waals surface area contributed by atoms with E-state index >= 15 is 0 Å². The lowest BCUT2D eigenvalue weighted by atomic mass is 9.85. The Balaban J connectivity index is 0.00000210. The van der Waals surface area contributed by atoms with E-state index in [0.29, 0.717) is 12.4 Å². The molecule has 0 aliphatic carbocycles. The molecule has 4 rings (SSSR count). The van der Waals surface area contributed by atoms with E-state index in [4.69, 9.17) is 16.3 Å². The van der Waals surface area contributed by atoms with Gasteiger partial charge in [-0.3, -0.25) is 0 Å². The SMILES string of the molecule is COc1nc(Cl)cc(-n2ncc3cc(C)c([C@H]4CCNC[C@H]4F)cc32)n1.Cl. The second-order valence-corrected chi connectivity index (χ2v) is 6.86. The average Bonchev–Trinajstić information content (AvgIpc) is 3.03. The Bertz CT molecular complexity index is 964. The summed E-state index contributed by atoms with van der Waals surface area (Å²) in [6.45, 7) is 3.23. The molecule has 3 aromatic rings. The lowest BCUT2D eigenvalue weighted by Gasteiger charge is -2.28. The maximum atomic E-state index is 14.5. The molecule has 0 saturated carbocycles. The van der Waals surface area contributed by atoms with Gasteiger partial charge in [-0.15, -0.1) is 12.4 Å². The van der Waals surface area contributed by atoms with E-state index in [1.165, 1.54) is 7.11 Å². The molecule has 27 heavy (non-hydrogen) atoms. The molecule has 1 aliphatic rings. The molecule has 1 N–H and O–H groups in total. The predicted molar refractivity (Wildman–Crippen MR) is 105 cm³/mol. The van der Waals surface area contributed by atoms with Gasteiger partial charge in [0.2, 0.25) is 0 Å². The fraction of sp³-hybridized carbons (Fsp3) is 0.389. The van der Waals surface area contributed by atoms with Crippen molar-refractivity contribution in [1.29, 1.82) is 0 Å². The molecule has 3 heterocycles. The van der Waals surface area contributed by atoms with Crippen molar-refractivity contribution in [2.45, 2.75) is 25.4 Å². The van der Waals surface area contributed by atoms with Gasteiger partial charge in [0.1, 0.15) is 11.3 Å². The minimum atomic E-state index is -0.898. The van der Waals surface area contributed by atoms with Gasteiger partial charge in [-0.2, -0.15) is 15.1 Å². The van der Waals surface area contributed by atoms with E-state index < -0.39 is 6.17 Å². The first kappa shape index (κ1) is 19.8. The number of piperidine rings is 1. The maximum Gasteiger partial charge on any atom is 0.319 e. The van der Waals surface area contributed by atoms with Crippen molar-refractivity contribution in [3.05, 3.63) is 40.7 Å². The zero-order chi connectivity index (χ0) is 18.3. The summed E-state index contributed by atoms with van der Waals surface area (Å²) in [5, 5.41) is 8.77. The van der Waals surface area contributed by atoms with Gasteiger partial charge < -0.3 is 10.1 Å². The first-order chi connectivity index (χ1) is 12.6. The van der Waals surface area contributed by atoms with E-state index in [-0.39, 0.29) is 29.5 Å². The predicted octanol–water partition coefficient (Wildman–Crippen LogP) is 3.62. The molecule has 1 aliphatic heterocycles. The summed E-state index contributed by atoms with van der Waals surface area (Å²) in [6, 6.07) is 5.86. The summed E-state index contributed by atoms with van der Waals surface area (Å²) >= 11 is 6.07. The number of methoxy groups -OCH3 is 1. The van der Waals surface area contributed by atoms with Gasteiger partial charge in [0.15, 0.2) is 5.82 Å². The van der Waals surface area contributed by atoms with Gasteiger partial charge in [-0.25, -0.2) is 9.07 Å². The molecule has 9 heteroatoms. The van der Waals surface area contributed by atoms with E-state index in [0.717, 1.165) is 35.0 Å². The summed E-state index contributed by atoms with van der Waals surface area (Å²) in [7, 11) is 1.48. The molecular formula is C18H20Cl2FN5O. The van der Waals surface area contributed by atoms with E-state index in [2.05, 4.69) is 20.4 Å². The molecular weight excluding hydrogens is 392 g/mol. The molecule has 0 unspecified atom stereocenters. The number of ether oxygens (including phenoxy) is 1. The second-order valence-electron chi connectivity index (χ2n) is 6.47. The first-order valence-corrected chi connectivity index (χ1v) is 8.86. The van der Waals surface area contributed by atoms with Crippen molar-refractivity contribution in [2.24, 2.45) is 0 Å². The number of nitrogens with zero attached hydrogens (tertiary/aromatic N) is 4. The fourth-order valence-corrected chi connectivity index (χ4v) is 3.71. The molecule has 1 aromatic carbocycles. The Labute approximate surface area is 167 Å². The van der Waals surface area contributed by atoms with Crippen molar-refractivity contribution in [3.63, 3.8) is 0 Å². The Morgan fingerprint density at radius 2 is 2.11 bits per heavy atom. The number of hydrogen-bond donors (Lipinski definition) is 1. The number of hydrogen-bond acceptors (Lipinski definition) is 5. The molecule has 0 bridgehead atoms. The summed E-state index contributed by atoms with van der Waals surface area (Å²) in [5.41, 5.74) is 2.94. The zero-order valence-electron chi connectivity index (χ0n) is 14.9. The summed E-state index contributed by atoms with van der Waals surface area (Å²) < 4.78 is 21.3. The van der Waals surface area contributed by atoms with Gasteiger partial charge in [0.25, 0.3) is 0 Å². The van der Waals surface area contributed by atoms with Crippen LogP contribution in [0.2, 0.25) is 5.15 Å². The maximum absolute atomic E-state index is 14.5. The smallest absolute Gasteiger partial charge is 0.319 e. The molecule has 1 saturated heterocycles. The van der Waals surface area contributed by atoms with E-state index in [1.807, 2.05) is 19.1 Å². The molecule has 2 aromatic heterocycles. The normalized spacial score (nSPS) is 19.7. The minimum absolute atomic E-state index is 0. The fourth-order valence-electron chi connectivity index (χ4n) is 3.54. The molecule has 0 amide bonds. The van der Waals surface area contributed by atoms with Crippen molar-refractivity contribution in [2.75, 3.05) is 20.2 Å². The van der Waals surface area contributed by atoms with Crippen LogP contribution in [0.1, 0.15) is 23.5 Å². The third-order valence-corrected chi connectivity index (χ3v) is 5.02. The Kier molecular flexibility index (Phi) is 5.83. The summed E-state index contributed by atoms with van der Waals surface area (Å²) in [6.07, 6.45) is 1.64. The van der Waals surface area contributed by atoms with Crippen LogP contribution in [0.25, 0.3) is 16.7 Å². The van der Waals surface area contributed by atoms with Crippen LogP contribution in [-0.4, -0.2) is 46.1 Å². The van der Waals surface area contributed by atoms with Crippen LogP contribution >= 0.6 is 24.0 Å². The Hall–Kier alpha value is -1.96. The number of aromatic nitrogens is 4. The van der Waals surface area contributed by atoms with Crippen LogP contribution in [0.15, 0.2) is 24.4 Å². The summed E-state index contributed by atoms with van der Waals surface area (Å²) in [5.74, 6) is 0.390. The van der Waals surface area contributed by atoms with Crippen LogP contribution in [0, 0.1) is 6.92 Å². The average molecular weight is 412 g/mol. The Morgan fingerprint density at radius 1 is 1.30 bits per heavy atom. The third-order valence-electron chi connectivity index (χ3n) is 4.82. The van der Waals surface area contributed by atoms with Crippen molar-refractivity contribution in [3.8, 4) is 11.8 Å². The highest BCUT2D eigenvalue weighted by Crippen LogP contribution is 2.33. The molecule has 144 valence electrons. The number of fused-ring (bicyclic) bond motifs is 1. The molecule has 6 nitrogen and oxygen atoms in total. The van der Waals surface area contributed by atoms with E-state index in [9.17, 15) is 4.39 Å². The number of benzene rings is 1. The number of aryl methyl sites for hydroxylation is 1. The number of halogens is 3. The van der Waals surface area contributed by atoms with Crippen LogP contribution in [0.5, 0.6) is 6.01 Å². The molecule has 0 radical (unpaired) electrons. The highest BCUT2D eigenvalue weighted by Gasteiger charge is 2.28. The number of rotatable bonds is 3. The Morgan fingerprint density at radius 3 is 2.85 bits per heavy atom. The van der Waals surface area contributed by atoms with Gasteiger partial charge in [0.05, 0.1) is 18.8 Å². The monoisotopic (exact) mass is 411 g/mol. The van der Waals surface area contributed by atoms with Crippen molar-refractivity contribution in [1.82, 2.24) is 25.1 Å². The topological polar surface area (TPSA) is 64.9 Å². The third kappa shape index (κ3) is 3.72. The summed E-state index contributed by atoms with van der Waals surface area (Å²) in [4.78, 5) is 8.31. The lowest BCUT2D eigenvalue weighted by molar-refractivity contribution is 0.231. The highest BCUT2D eigenvalue weighted by atomic mass is 35.5. The largest absolute Gasteiger partial charge is 0.467 e. The lowest BCUT2D eigenvalue weighted by Crippen LogP contribution is -2.36. The van der Waals surface area contributed by atoms with Crippen LogP contribution < -0.4 is 10.1 Å². The van der Waals surface area contributed by atoms with Gasteiger partial charge in [-0.1, -0.05) is 11.6 Å². The van der Waals surface area contributed by atoms with Gasteiger partial charge in [-0.05, 0) is 43.1 Å². The number of alkyl halides is 1. The zero-order valence-corrected chi connectivity index (χ0v) is 16.5. The van der Waals surface area contributed by atoms with Crippen molar-refractivity contribution < 1.29 is 9.13 Å².